The number of fused-ring (bicyclic) bond motifs is 5. The van der Waals surface area contributed by atoms with Gasteiger partial charge in [0, 0.05) is 11.3 Å². The summed E-state index contributed by atoms with van der Waals surface area (Å²) in [4.78, 5) is 22.3. The Morgan fingerprint density at radius 3 is 3.23 bits per heavy atom. The highest BCUT2D eigenvalue weighted by atomic mass is 32.1. The molecule has 3 heterocycles. The summed E-state index contributed by atoms with van der Waals surface area (Å²) in [5.74, 6) is 0.258. The molecule has 22 heavy (non-hydrogen) atoms. The Kier molecular flexibility index (Phi) is 3.11. The largest absolute Gasteiger partial charge is 0.481 e. The number of thiophene rings is 1. The maximum absolute atomic E-state index is 10.7. The highest BCUT2D eigenvalue weighted by molar-refractivity contribution is 7.19. The van der Waals surface area contributed by atoms with Crippen LogP contribution >= 0.6 is 11.3 Å². The first kappa shape index (κ1) is 13.6. The Labute approximate surface area is 130 Å². The van der Waals surface area contributed by atoms with E-state index >= 15 is 0 Å². The van der Waals surface area contributed by atoms with E-state index in [0.717, 1.165) is 22.3 Å². The van der Waals surface area contributed by atoms with Crippen LogP contribution in [0.4, 0.5) is 0 Å². The standard InChI is InChI=1S/C15H16N4O2S/c1-8-3-2-4-9-12(8)13-14-17-10(5-6-11(20)21)18-19(14)7-16-15(13)22-9/h7-8H,2-6H2,1H3,(H,20,21). The second-order valence-corrected chi connectivity index (χ2v) is 6.93. The lowest BCUT2D eigenvalue weighted by molar-refractivity contribution is -0.137. The van der Waals surface area contributed by atoms with Crippen molar-refractivity contribution in [2.75, 3.05) is 0 Å². The van der Waals surface area contributed by atoms with E-state index in [1.54, 1.807) is 22.2 Å². The zero-order valence-electron chi connectivity index (χ0n) is 12.2. The third-order valence-electron chi connectivity index (χ3n) is 4.28. The number of carboxylic acids is 1. The smallest absolute Gasteiger partial charge is 0.303 e. The molecule has 1 aliphatic carbocycles. The summed E-state index contributed by atoms with van der Waals surface area (Å²) < 4.78 is 1.69. The molecule has 7 heteroatoms. The molecule has 3 aromatic heterocycles. The van der Waals surface area contributed by atoms with Crippen molar-refractivity contribution in [3.8, 4) is 0 Å². The number of carbonyl (C=O) groups is 1. The molecule has 0 spiro atoms. The van der Waals surface area contributed by atoms with Crippen molar-refractivity contribution in [1.29, 1.82) is 0 Å². The van der Waals surface area contributed by atoms with E-state index in [4.69, 9.17) is 5.11 Å². The molecule has 0 saturated heterocycles. The van der Waals surface area contributed by atoms with Crippen molar-refractivity contribution in [3.63, 3.8) is 0 Å². The fourth-order valence-electron chi connectivity index (χ4n) is 3.25. The lowest BCUT2D eigenvalue weighted by atomic mass is 9.87. The number of aromatic nitrogens is 4. The normalized spacial score (nSPS) is 18.0. The van der Waals surface area contributed by atoms with Crippen LogP contribution in [0, 0.1) is 0 Å². The van der Waals surface area contributed by atoms with Crippen LogP contribution in [0.15, 0.2) is 6.33 Å². The number of aryl methyl sites for hydroxylation is 2. The van der Waals surface area contributed by atoms with Crippen LogP contribution in [0.25, 0.3) is 15.9 Å². The second kappa shape index (κ2) is 5.01. The summed E-state index contributed by atoms with van der Waals surface area (Å²) in [6.07, 6.45) is 5.62. The van der Waals surface area contributed by atoms with Gasteiger partial charge in [-0.1, -0.05) is 6.92 Å². The molecule has 1 N–H and O–H groups in total. The highest BCUT2D eigenvalue weighted by Gasteiger charge is 2.25. The average Bonchev–Trinajstić information content (AvgIpc) is 3.05. The molecule has 1 atom stereocenters. The summed E-state index contributed by atoms with van der Waals surface area (Å²) in [5.41, 5.74) is 2.19. The summed E-state index contributed by atoms with van der Waals surface area (Å²) in [6, 6.07) is 0. The average molecular weight is 316 g/mol. The Bertz CT molecular complexity index is 883. The van der Waals surface area contributed by atoms with E-state index in [0.29, 0.717) is 18.2 Å². The van der Waals surface area contributed by atoms with Crippen LogP contribution in [0.3, 0.4) is 0 Å². The summed E-state index contributed by atoms with van der Waals surface area (Å²) >= 11 is 1.76. The molecule has 6 nitrogen and oxygen atoms in total. The minimum Gasteiger partial charge on any atom is -0.481 e. The van der Waals surface area contributed by atoms with Crippen molar-refractivity contribution in [3.05, 3.63) is 22.6 Å². The minimum atomic E-state index is -0.830. The molecule has 0 radical (unpaired) electrons. The van der Waals surface area contributed by atoms with Gasteiger partial charge in [0.25, 0.3) is 0 Å². The van der Waals surface area contributed by atoms with E-state index < -0.39 is 5.97 Å². The third kappa shape index (κ3) is 2.08. The number of hydrogen-bond acceptors (Lipinski definition) is 5. The molecule has 1 unspecified atom stereocenters. The number of rotatable bonds is 3. The SMILES string of the molecule is CC1CCCc2sc3ncn4nc(CCC(=O)O)nc4c3c21. The van der Waals surface area contributed by atoms with E-state index in [1.807, 2.05) is 0 Å². The van der Waals surface area contributed by atoms with E-state index in [1.165, 1.54) is 23.3 Å². The van der Waals surface area contributed by atoms with Gasteiger partial charge >= 0.3 is 5.97 Å². The van der Waals surface area contributed by atoms with Gasteiger partial charge in [-0.05, 0) is 30.7 Å². The summed E-state index contributed by atoms with van der Waals surface area (Å²) in [5, 5.41) is 14.3. The predicted molar refractivity (Wildman–Crippen MR) is 83.5 cm³/mol. The lowest BCUT2D eigenvalue weighted by Crippen LogP contribution is -2.04. The van der Waals surface area contributed by atoms with Gasteiger partial charge in [0.2, 0.25) is 0 Å². The Morgan fingerprint density at radius 1 is 1.55 bits per heavy atom. The summed E-state index contributed by atoms with van der Waals surface area (Å²) in [6.45, 7) is 2.26. The van der Waals surface area contributed by atoms with Gasteiger partial charge in [0.05, 0.1) is 11.8 Å². The lowest BCUT2D eigenvalue weighted by Gasteiger charge is -2.18. The van der Waals surface area contributed by atoms with Crippen LogP contribution in [0.1, 0.15) is 48.4 Å². The number of aliphatic carboxylic acids is 1. The van der Waals surface area contributed by atoms with Gasteiger partial charge < -0.3 is 5.11 Å². The zero-order chi connectivity index (χ0) is 15.3. The topological polar surface area (TPSA) is 80.4 Å². The molecule has 0 aromatic carbocycles. The number of hydrogen-bond donors (Lipinski definition) is 1. The first-order valence-electron chi connectivity index (χ1n) is 7.51. The van der Waals surface area contributed by atoms with Crippen molar-refractivity contribution in [1.82, 2.24) is 19.6 Å². The quantitative estimate of drug-likeness (QED) is 0.803. The van der Waals surface area contributed by atoms with Gasteiger partial charge in [0.1, 0.15) is 11.2 Å². The third-order valence-corrected chi connectivity index (χ3v) is 5.46. The molecule has 4 rings (SSSR count). The first-order chi connectivity index (χ1) is 10.6. The van der Waals surface area contributed by atoms with Crippen molar-refractivity contribution in [2.45, 2.75) is 44.9 Å². The second-order valence-electron chi connectivity index (χ2n) is 5.85. The monoisotopic (exact) mass is 316 g/mol. The molecule has 0 fully saturated rings. The fraction of sp³-hybridized carbons (Fsp3) is 0.467. The van der Waals surface area contributed by atoms with Crippen LogP contribution < -0.4 is 0 Å². The molecule has 1 aliphatic rings. The molecule has 0 aliphatic heterocycles. The first-order valence-corrected chi connectivity index (χ1v) is 8.32. The Balaban J connectivity index is 1.90. The van der Waals surface area contributed by atoms with Gasteiger partial charge in [-0.25, -0.2) is 14.5 Å². The van der Waals surface area contributed by atoms with Crippen LogP contribution in [-0.4, -0.2) is 30.7 Å². The Hall–Kier alpha value is -2.02. The highest BCUT2D eigenvalue weighted by Crippen LogP contribution is 2.42. The van der Waals surface area contributed by atoms with E-state index in [9.17, 15) is 4.79 Å². The predicted octanol–water partition coefficient (Wildman–Crippen LogP) is 2.80. The van der Waals surface area contributed by atoms with Crippen LogP contribution in [0.2, 0.25) is 0 Å². The van der Waals surface area contributed by atoms with Gasteiger partial charge in [-0.15, -0.1) is 16.4 Å². The molecule has 0 saturated carbocycles. The summed E-state index contributed by atoms with van der Waals surface area (Å²) in [7, 11) is 0. The maximum atomic E-state index is 10.7. The van der Waals surface area contributed by atoms with Crippen LogP contribution in [-0.2, 0) is 17.6 Å². The van der Waals surface area contributed by atoms with E-state index in [2.05, 4.69) is 22.0 Å². The minimum absolute atomic E-state index is 0.0472. The van der Waals surface area contributed by atoms with Gasteiger partial charge in [0.15, 0.2) is 11.5 Å². The van der Waals surface area contributed by atoms with Gasteiger partial charge in [-0.2, -0.15) is 0 Å². The molecule has 0 bridgehead atoms. The fourth-order valence-corrected chi connectivity index (χ4v) is 4.55. The number of carboxylic acid groups (broad SMARTS) is 1. The molecule has 0 amide bonds. The molecule has 114 valence electrons. The molecule has 3 aromatic rings. The van der Waals surface area contributed by atoms with Gasteiger partial charge in [-0.3, -0.25) is 4.79 Å². The Morgan fingerprint density at radius 2 is 2.41 bits per heavy atom. The van der Waals surface area contributed by atoms with Crippen molar-refractivity contribution in [2.24, 2.45) is 0 Å². The van der Waals surface area contributed by atoms with Crippen LogP contribution in [0.5, 0.6) is 0 Å². The molecular formula is C15H16N4O2S. The van der Waals surface area contributed by atoms with Crippen molar-refractivity contribution < 1.29 is 9.90 Å². The maximum Gasteiger partial charge on any atom is 0.303 e. The number of nitrogens with zero attached hydrogens (tertiary/aromatic N) is 4. The van der Waals surface area contributed by atoms with E-state index in [-0.39, 0.29) is 6.42 Å². The van der Waals surface area contributed by atoms with Crippen molar-refractivity contribution >= 4 is 33.2 Å². The zero-order valence-corrected chi connectivity index (χ0v) is 13.1. The molecular weight excluding hydrogens is 300 g/mol.